The highest BCUT2D eigenvalue weighted by molar-refractivity contribution is 5.69. The van der Waals surface area contributed by atoms with Crippen LogP contribution in [0.1, 0.15) is 194 Å². The molecule has 230 valence electrons. The molecular formula is C35H66O4. The Bertz CT molecular complexity index is 557. The molecule has 1 atom stereocenters. The number of carbonyl (C=O) groups excluding carboxylic acids is 1. The van der Waals surface area contributed by atoms with E-state index in [0.717, 1.165) is 57.8 Å². The summed E-state index contributed by atoms with van der Waals surface area (Å²) in [6, 6.07) is 0. The smallest absolute Gasteiger partial charge is 0.306 e. The zero-order valence-corrected chi connectivity index (χ0v) is 26.2. The molecule has 4 heteroatoms. The van der Waals surface area contributed by atoms with Gasteiger partial charge in [0.05, 0.1) is 0 Å². The number of aliphatic carboxylic acids is 1. The maximum Gasteiger partial charge on any atom is 0.306 e. The van der Waals surface area contributed by atoms with Crippen LogP contribution in [-0.4, -0.2) is 23.1 Å². The van der Waals surface area contributed by atoms with Crippen molar-refractivity contribution in [1.82, 2.24) is 0 Å². The van der Waals surface area contributed by atoms with Crippen LogP contribution in [0.2, 0.25) is 0 Å². The van der Waals surface area contributed by atoms with E-state index in [9.17, 15) is 9.59 Å². The molecule has 0 bridgehead atoms. The zero-order valence-electron chi connectivity index (χ0n) is 26.2. The Morgan fingerprint density at radius 3 is 1.41 bits per heavy atom. The first kappa shape index (κ1) is 37.7. The van der Waals surface area contributed by atoms with E-state index in [4.69, 9.17) is 9.84 Å². The van der Waals surface area contributed by atoms with Crippen molar-refractivity contribution in [2.45, 2.75) is 200 Å². The monoisotopic (exact) mass is 550 g/mol. The molecule has 0 aromatic rings. The topological polar surface area (TPSA) is 63.6 Å². The molecule has 4 nitrogen and oxygen atoms in total. The number of rotatable bonds is 31. The molecule has 0 fully saturated rings. The molecule has 1 unspecified atom stereocenters. The highest BCUT2D eigenvalue weighted by Crippen LogP contribution is 2.18. The molecule has 0 saturated carbocycles. The van der Waals surface area contributed by atoms with Crippen LogP contribution in [0, 0.1) is 0 Å². The van der Waals surface area contributed by atoms with Crippen LogP contribution in [0.25, 0.3) is 0 Å². The van der Waals surface area contributed by atoms with Crippen LogP contribution in [0.5, 0.6) is 0 Å². The Balaban J connectivity index is 3.83. The molecule has 0 aromatic carbocycles. The number of hydrogen-bond donors (Lipinski definition) is 1. The minimum atomic E-state index is -0.688. The van der Waals surface area contributed by atoms with Crippen LogP contribution in [-0.2, 0) is 14.3 Å². The minimum absolute atomic E-state index is 0.00606. The van der Waals surface area contributed by atoms with Crippen molar-refractivity contribution >= 4 is 11.9 Å². The van der Waals surface area contributed by atoms with Crippen LogP contribution in [0.3, 0.4) is 0 Å². The Morgan fingerprint density at radius 2 is 0.923 bits per heavy atom. The lowest BCUT2D eigenvalue weighted by atomic mass is 10.0. The van der Waals surface area contributed by atoms with E-state index >= 15 is 0 Å². The molecule has 0 rings (SSSR count). The van der Waals surface area contributed by atoms with Crippen molar-refractivity contribution < 1.29 is 19.4 Å². The highest BCUT2D eigenvalue weighted by Gasteiger charge is 2.14. The van der Waals surface area contributed by atoms with Crippen molar-refractivity contribution in [2.75, 3.05) is 0 Å². The predicted molar refractivity (Wildman–Crippen MR) is 167 cm³/mol. The van der Waals surface area contributed by atoms with Gasteiger partial charge < -0.3 is 9.84 Å². The van der Waals surface area contributed by atoms with Gasteiger partial charge in [0, 0.05) is 12.8 Å². The summed E-state index contributed by atoms with van der Waals surface area (Å²) in [5, 5.41) is 8.70. The molecule has 39 heavy (non-hydrogen) atoms. The van der Waals surface area contributed by atoms with E-state index in [2.05, 4.69) is 26.0 Å². The van der Waals surface area contributed by atoms with Gasteiger partial charge in [-0.1, -0.05) is 129 Å². The first-order chi connectivity index (χ1) is 19.1. The first-order valence-corrected chi connectivity index (χ1v) is 17.2. The normalized spacial score (nSPS) is 12.3. The van der Waals surface area contributed by atoms with Crippen LogP contribution in [0.4, 0.5) is 0 Å². The molecule has 0 aromatic heterocycles. The second kappa shape index (κ2) is 31.2. The van der Waals surface area contributed by atoms with Crippen molar-refractivity contribution in [3.05, 3.63) is 12.2 Å². The molecule has 0 saturated heterocycles. The summed E-state index contributed by atoms with van der Waals surface area (Å²) in [5.41, 5.74) is 0. The van der Waals surface area contributed by atoms with Gasteiger partial charge in [0.15, 0.2) is 0 Å². The molecule has 0 spiro atoms. The second-order valence-corrected chi connectivity index (χ2v) is 11.7. The summed E-state index contributed by atoms with van der Waals surface area (Å²) < 4.78 is 5.93. The molecule has 1 N–H and O–H groups in total. The van der Waals surface area contributed by atoms with Gasteiger partial charge in [0.1, 0.15) is 6.10 Å². The van der Waals surface area contributed by atoms with Crippen LogP contribution in [0.15, 0.2) is 12.2 Å². The first-order valence-electron chi connectivity index (χ1n) is 17.2. The Labute approximate surface area is 243 Å². The Hall–Kier alpha value is -1.32. The van der Waals surface area contributed by atoms with Crippen LogP contribution >= 0.6 is 0 Å². The average Bonchev–Trinajstić information content (AvgIpc) is 2.91. The lowest BCUT2D eigenvalue weighted by Gasteiger charge is -2.18. The van der Waals surface area contributed by atoms with Gasteiger partial charge in [0.2, 0.25) is 0 Å². The fourth-order valence-corrected chi connectivity index (χ4v) is 5.18. The highest BCUT2D eigenvalue weighted by atomic mass is 16.5. The van der Waals surface area contributed by atoms with Crippen molar-refractivity contribution in [1.29, 1.82) is 0 Å². The Kier molecular flexibility index (Phi) is 30.2. The largest absolute Gasteiger partial charge is 0.481 e. The summed E-state index contributed by atoms with van der Waals surface area (Å²) in [6.45, 7) is 4.50. The van der Waals surface area contributed by atoms with Gasteiger partial charge in [-0.2, -0.15) is 0 Å². The van der Waals surface area contributed by atoms with Gasteiger partial charge in [0.25, 0.3) is 0 Å². The van der Waals surface area contributed by atoms with E-state index < -0.39 is 5.97 Å². The number of esters is 1. The summed E-state index contributed by atoms with van der Waals surface area (Å²) in [5.74, 6) is -0.682. The summed E-state index contributed by atoms with van der Waals surface area (Å²) in [7, 11) is 0. The third-order valence-corrected chi connectivity index (χ3v) is 7.74. The van der Waals surface area contributed by atoms with Crippen molar-refractivity contribution in [3.8, 4) is 0 Å². The summed E-state index contributed by atoms with van der Waals surface area (Å²) in [6.07, 6.45) is 36.7. The predicted octanol–water partition coefficient (Wildman–Crippen LogP) is 11.5. The standard InChI is InChI=1S/C35H66O4/c1-3-5-7-9-10-11-12-13-14-15-16-17-21-24-28-32-35(38)39-33(29-25-8-6-4-2)30-26-22-19-18-20-23-27-31-34(36)37/h13-14,33H,3-12,15-32H2,1-2H3,(H,36,37)/b14-13-. The average molecular weight is 551 g/mol. The van der Waals surface area contributed by atoms with Gasteiger partial charge in [-0.15, -0.1) is 0 Å². The number of hydrogen-bond acceptors (Lipinski definition) is 3. The van der Waals surface area contributed by atoms with E-state index in [1.165, 1.54) is 109 Å². The van der Waals surface area contributed by atoms with E-state index in [-0.39, 0.29) is 12.1 Å². The fraction of sp³-hybridized carbons (Fsp3) is 0.886. The van der Waals surface area contributed by atoms with Crippen LogP contribution < -0.4 is 0 Å². The second-order valence-electron chi connectivity index (χ2n) is 11.7. The molecular weight excluding hydrogens is 484 g/mol. The Morgan fingerprint density at radius 1 is 0.538 bits per heavy atom. The molecule has 0 aliphatic carbocycles. The maximum absolute atomic E-state index is 12.5. The van der Waals surface area contributed by atoms with Gasteiger partial charge in [-0.05, 0) is 64.2 Å². The number of allylic oxidation sites excluding steroid dienone is 2. The SMILES string of the molecule is CCCCCCCC/C=C\CCCCCCCC(=O)OC(CCCCCC)CCCCCCCCCC(=O)O. The van der Waals surface area contributed by atoms with Gasteiger partial charge >= 0.3 is 11.9 Å². The lowest BCUT2D eigenvalue weighted by molar-refractivity contribution is -0.150. The number of unbranched alkanes of at least 4 members (excludes halogenated alkanes) is 20. The van der Waals surface area contributed by atoms with E-state index in [1.54, 1.807) is 0 Å². The molecule has 0 amide bonds. The number of carboxylic acids is 1. The minimum Gasteiger partial charge on any atom is -0.481 e. The maximum atomic E-state index is 12.5. The third-order valence-electron chi connectivity index (χ3n) is 7.74. The third kappa shape index (κ3) is 31.1. The number of carboxylic acid groups (broad SMARTS) is 1. The summed E-state index contributed by atoms with van der Waals surface area (Å²) in [4.78, 5) is 23.1. The molecule has 0 radical (unpaired) electrons. The lowest BCUT2D eigenvalue weighted by Crippen LogP contribution is -2.18. The van der Waals surface area contributed by atoms with Gasteiger partial charge in [-0.3, -0.25) is 9.59 Å². The number of ether oxygens (including phenoxy) is 1. The van der Waals surface area contributed by atoms with E-state index in [0.29, 0.717) is 12.8 Å². The quantitative estimate of drug-likeness (QED) is 0.0529. The molecule has 0 aliphatic heterocycles. The summed E-state index contributed by atoms with van der Waals surface area (Å²) >= 11 is 0. The van der Waals surface area contributed by atoms with Crippen molar-refractivity contribution in [3.63, 3.8) is 0 Å². The molecule has 0 aliphatic rings. The number of carbonyl (C=O) groups is 2. The fourth-order valence-electron chi connectivity index (χ4n) is 5.18. The zero-order chi connectivity index (χ0) is 28.7. The van der Waals surface area contributed by atoms with Gasteiger partial charge in [-0.25, -0.2) is 0 Å². The molecule has 0 heterocycles. The van der Waals surface area contributed by atoms with E-state index in [1.807, 2.05) is 0 Å². The van der Waals surface area contributed by atoms with Crippen molar-refractivity contribution in [2.24, 2.45) is 0 Å².